The molecule has 0 aliphatic rings. The standard InChI is InChI=1S/C14H10Cl2O2/c15-13-5-2-6-14(16)12(13)9-18-11-4-1-3-10(7-11)8-17/h1-8H,9H2. The lowest BCUT2D eigenvalue weighted by molar-refractivity contribution is 0.112. The second-order valence-corrected chi connectivity index (χ2v) is 4.49. The number of ether oxygens (including phenoxy) is 1. The molecule has 0 atom stereocenters. The molecule has 2 aromatic rings. The van der Waals surface area contributed by atoms with Crippen LogP contribution in [-0.4, -0.2) is 6.29 Å². The molecule has 0 aromatic heterocycles. The highest BCUT2D eigenvalue weighted by Crippen LogP contribution is 2.25. The molecule has 0 saturated heterocycles. The van der Waals surface area contributed by atoms with Crippen molar-refractivity contribution in [1.82, 2.24) is 0 Å². The van der Waals surface area contributed by atoms with E-state index in [4.69, 9.17) is 27.9 Å². The fraction of sp³-hybridized carbons (Fsp3) is 0.0714. The van der Waals surface area contributed by atoms with Gasteiger partial charge in [0.25, 0.3) is 0 Å². The van der Waals surface area contributed by atoms with Crippen molar-refractivity contribution in [3.63, 3.8) is 0 Å². The van der Waals surface area contributed by atoms with Crippen LogP contribution >= 0.6 is 23.2 Å². The van der Waals surface area contributed by atoms with Gasteiger partial charge in [0.2, 0.25) is 0 Å². The first-order chi connectivity index (χ1) is 8.70. The molecule has 0 N–H and O–H groups in total. The highest BCUT2D eigenvalue weighted by Gasteiger charge is 2.06. The summed E-state index contributed by atoms with van der Waals surface area (Å²) in [7, 11) is 0. The van der Waals surface area contributed by atoms with E-state index in [0.717, 1.165) is 11.8 Å². The first-order valence-corrected chi connectivity index (χ1v) is 6.07. The fourth-order valence-electron chi connectivity index (χ4n) is 1.50. The molecular weight excluding hydrogens is 271 g/mol. The Morgan fingerprint density at radius 2 is 1.72 bits per heavy atom. The highest BCUT2D eigenvalue weighted by molar-refractivity contribution is 6.35. The molecule has 4 heteroatoms. The molecule has 92 valence electrons. The summed E-state index contributed by atoms with van der Waals surface area (Å²) in [5.74, 6) is 0.607. The summed E-state index contributed by atoms with van der Waals surface area (Å²) in [5, 5.41) is 1.13. The van der Waals surface area contributed by atoms with Crippen molar-refractivity contribution < 1.29 is 9.53 Å². The molecule has 0 aliphatic carbocycles. The van der Waals surface area contributed by atoms with Crippen molar-refractivity contribution in [3.8, 4) is 5.75 Å². The van der Waals surface area contributed by atoms with Crippen molar-refractivity contribution in [1.29, 1.82) is 0 Å². The van der Waals surface area contributed by atoms with Gasteiger partial charge in [-0.2, -0.15) is 0 Å². The number of halogens is 2. The van der Waals surface area contributed by atoms with E-state index in [2.05, 4.69) is 0 Å². The van der Waals surface area contributed by atoms with Crippen LogP contribution in [0.4, 0.5) is 0 Å². The topological polar surface area (TPSA) is 26.3 Å². The normalized spacial score (nSPS) is 10.1. The Bertz CT molecular complexity index is 547. The van der Waals surface area contributed by atoms with Crippen molar-refractivity contribution in [3.05, 3.63) is 63.6 Å². The van der Waals surface area contributed by atoms with Crippen LogP contribution in [0.2, 0.25) is 10.0 Å². The minimum Gasteiger partial charge on any atom is -0.489 e. The monoisotopic (exact) mass is 280 g/mol. The van der Waals surface area contributed by atoms with E-state index >= 15 is 0 Å². The van der Waals surface area contributed by atoms with E-state index in [9.17, 15) is 4.79 Å². The third-order valence-electron chi connectivity index (χ3n) is 2.44. The van der Waals surface area contributed by atoms with Gasteiger partial charge in [-0.1, -0.05) is 41.4 Å². The maximum absolute atomic E-state index is 10.6. The third kappa shape index (κ3) is 3.03. The lowest BCUT2D eigenvalue weighted by Crippen LogP contribution is -1.97. The first kappa shape index (κ1) is 12.9. The zero-order chi connectivity index (χ0) is 13.0. The van der Waals surface area contributed by atoms with Crippen molar-refractivity contribution in [2.45, 2.75) is 6.61 Å². The maximum atomic E-state index is 10.6. The summed E-state index contributed by atoms with van der Waals surface area (Å²) in [6, 6.07) is 12.2. The van der Waals surface area contributed by atoms with E-state index in [1.165, 1.54) is 0 Å². The van der Waals surface area contributed by atoms with Crippen LogP contribution in [0.15, 0.2) is 42.5 Å². The van der Waals surface area contributed by atoms with Gasteiger partial charge < -0.3 is 4.74 Å². The smallest absolute Gasteiger partial charge is 0.150 e. The predicted octanol–water partition coefficient (Wildman–Crippen LogP) is 4.38. The summed E-state index contributed by atoms with van der Waals surface area (Å²) < 4.78 is 5.57. The van der Waals surface area contributed by atoms with Crippen LogP contribution in [0.5, 0.6) is 5.75 Å². The molecule has 2 aromatic carbocycles. The summed E-state index contributed by atoms with van der Waals surface area (Å²) in [6.45, 7) is 0.265. The second kappa shape index (κ2) is 5.89. The van der Waals surface area contributed by atoms with Gasteiger partial charge in [-0.25, -0.2) is 0 Å². The number of aldehydes is 1. The largest absolute Gasteiger partial charge is 0.489 e. The molecule has 0 bridgehead atoms. The van der Waals surface area contributed by atoms with Crippen molar-refractivity contribution >= 4 is 29.5 Å². The molecule has 2 nitrogen and oxygen atoms in total. The zero-order valence-corrected chi connectivity index (χ0v) is 10.9. The van der Waals surface area contributed by atoms with Crippen LogP contribution < -0.4 is 4.74 Å². The van der Waals surface area contributed by atoms with Crippen molar-refractivity contribution in [2.24, 2.45) is 0 Å². The van der Waals surface area contributed by atoms with Gasteiger partial charge in [0.15, 0.2) is 0 Å². The number of benzene rings is 2. The Labute approximate surface area is 115 Å². The van der Waals surface area contributed by atoms with E-state index in [1.807, 2.05) is 0 Å². The molecule has 2 rings (SSSR count). The zero-order valence-electron chi connectivity index (χ0n) is 9.40. The van der Waals surface area contributed by atoms with Gasteiger partial charge in [-0.3, -0.25) is 4.79 Å². The maximum Gasteiger partial charge on any atom is 0.150 e. The quantitative estimate of drug-likeness (QED) is 0.777. The average molecular weight is 281 g/mol. The summed E-state index contributed by atoms with van der Waals surface area (Å²) in [4.78, 5) is 10.6. The Hall–Kier alpha value is -1.51. The summed E-state index contributed by atoms with van der Waals surface area (Å²) in [6.07, 6.45) is 0.773. The number of hydrogen-bond acceptors (Lipinski definition) is 2. The van der Waals surface area contributed by atoms with Crippen LogP contribution in [0.1, 0.15) is 15.9 Å². The molecule has 0 radical (unpaired) electrons. The van der Waals surface area contributed by atoms with Crippen LogP contribution in [0.3, 0.4) is 0 Å². The molecule has 0 saturated carbocycles. The number of hydrogen-bond donors (Lipinski definition) is 0. The predicted molar refractivity (Wildman–Crippen MR) is 72.6 cm³/mol. The van der Waals surface area contributed by atoms with Crippen LogP contribution in [-0.2, 0) is 6.61 Å². The van der Waals surface area contributed by atoms with Gasteiger partial charge in [0.05, 0.1) is 0 Å². The number of carbonyl (C=O) groups excluding carboxylic acids is 1. The molecule has 0 heterocycles. The molecular formula is C14H10Cl2O2. The summed E-state index contributed by atoms with van der Waals surface area (Å²) in [5.41, 5.74) is 1.30. The fourth-order valence-corrected chi connectivity index (χ4v) is 2.01. The van der Waals surface area contributed by atoms with Gasteiger partial charge >= 0.3 is 0 Å². The van der Waals surface area contributed by atoms with Gasteiger partial charge in [-0.15, -0.1) is 0 Å². The SMILES string of the molecule is O=Cc1cccc(OCc2c(Cl)cccc2Cl)c1. The van der Waals surface area contributed by atoms with Crippen LogP contribution in [0, 0.1) is 0 Å². The molecule has 0 amide bonds. The number of carbonyl (C=O) groups is 1. The van der Waals surface area contributed by atoms with Gasteiger partial charge in [0.1, 0.15) is 18.6 Å². The Morgan fingerprint density at radius 1 is 1.06 bits per heavy atom. The Kier molecular flexibility index (Phi) is 4.24. The molecule has 0 spiro atoms. The number of rotatable bonds is 4. The highest BCUT2D eigenvalue weighted by atomic mass is 35.5. The molecule has 18 heavy (non-hydrogen) atoms. The minimum absolute atomic E-state index is 0.265. The average Bonchev–Trinajstić information content (AvgIpc) is 2.38. The van der Waals surface area contributed by atoms with E-state index in [0.29, 0.717) is 21.4 Å². The first-order valence-electron chi connectivity index (χ1n) is 5.31. The third-order valence-corrected chi connectivity index (χ3v) is 3.15. The lowest BCUT2D eigenvalue weighted by atomic mass is 10.2. The van der Waals surface area contributed by atoms with E-state index in [1.54, 1.807) is 42.5 Å². The van der Waals surface area contributed by atoms with E-state index < -0.39 is 0 Å². The van der Waals surface area contributed by atoms with E-state index in [-0.39, 0.29) is 6.61 Å². The van der Waals surface area contributed by atoms with Gasteiger partial charge in [-0.05, 0) is 24.3 Å². The van der Waals surface area contributed by atoms with Crippen LogP contribution in [0.25, 0.3) is 0 Å². The second-order valence-electron chi connectivity index (χ2n) is 3.68. The van der Waals surface area contributed by atoms with Gasteiger partial charge in [0, 0.05) is 21.2 Å². The molecule has 0 fully saturated rings. The Balaban J connectivity index is 2.13. The Morgan fingerprint density at radius 3 is 2.39 bits per heavy atom. The lowest BCUT2D eigenvalue weighted by Gasteiger charge is -2.09. The summed E-state index contributed by atoms with van der Waals surface area (Å²) >= 11 is 12.1. The molecule has 0 unspecified atom stereocenters. The molecule has 0 aliphatic heterocycles. The minimum atomic E-state index is 0.265. The van der Waals surface area contributed by atoms with Crippen molar-refractivity contribution in [2.75, 3.05) is 0 Å².